The monoisotopic (exact) mass is 461 g/mol. The molecule has 1 aromatic heterocycles. The summed E-state index contributed by atoms with van der Waals surface area (Å²) in [4.78, 5) is 22.3. The quantitative estimate of drug-likeness (QED) is 0.266. The molecule has 0 aliphatic carbocycles. The first-order valence-electron chi connectivity index (χ1n) is 7.46. The van der Waals surface area contributed by atoms with Crippen molar-refractivity contribution >= 4 is 40.4 Å². The molecule has 0 spiro atoms. The zero-order chi connectivity index (χ0) is 18.5. The summed E-state index contributed by atoms with van der Waals surface area (Å²) in [6.07, 6.45) is 1.37. The number of hydrogen-bond donors (Lipinski definition) is 1. The predicted octanol–water partition coefficient (Wildman–Crippen LogP) is 4.22. The number of hydrazone groups is 1. The lowest BCUT2D eigenvalue weighted by Gasteiger charge is -1.99. The van der Waals surface area contributed by atoms with E-state index in [1.807, 2.05) is 12.1 Å². The van der Waals surface area contributed by atoms with Crippen molar-refractivity contribution in [3.8, 4) is 11.3 Å². The molecule has 7 nitrogen and oxygen atoms in total. The minimum atomic E-state index is -0.463. The third-order valence-corrected chi connectivity index (χ3v) is 4.15. The van der Waals surface area contributed by atoms with Gasteiger partial charge in [0.25, 0.3) is 11.6 Å². The second-order valence-corrected chi connectivity index (χ2v) is 6.46. The van der Waals surface area contributed by atoms with E-state index in [1.165, 1.54) is 18.3 Å². The van der Waals surface area contributed by atoms with Gasteiger partial charge in [-0.15, -0.1) is 0 Å². The van der Waals surface area contributed by atoms with Crippen molar-refractivity contribution in [2.24, 2.45) is 5.10 Å². The Morgan fingerprint density at radius 1 is 1.15 bits per heavy atom. The van der Waals surface area contributed by atoms with Crippen LogP contribution >= 0.6 is 22.6 Å². The van der Waals surface area contributed by atoms with Crippen molar-refractivity contribution in [3.63, 3.8) is 0 Å². The average molecular weight is 461 g/mol. The van der Waals surface area contributed by atoms with Crippen LogP contribution in [0.5, 0.6) is 0 Å². The Kier molecular flexibility index (Phi) is 5.42. The van der Waals surface area contributed by atoms with Gasteiger partial charge in [0.1, 0.15) is 11.5 Å². The molecule has 0 bridgehead atoms. The van der Waals surface area contributed by atoms with Gasteiger partial charge in [0.2, 0.25) is 0 Å². The van der Waals surface area contributed by atoms with Crippen LogP contribution < -0.4 is 5.43 Å². The summed E-state index contributed by atoms with van der Waals surface area (Å²) < 4.78 is 6.62. The SMILES string of the molecule is O=C(N/N=C/c1ccc(-c2cccc([N+](=O)[O-])c2)o1)c1ccc(I)cc1. The van der Waals surface area contributed by atoms with E-state index in [2.05, 4.69) is 33.1 Å². The second-order valence-electron chi connectivity index (χ2n) is 5.22. The highest BCUT2D eigenvalue weighted by atomic mass is 127. The van der Waals surface area contributed by atoms with Crippen molar-refractivity contribution in [2.75, 3.05) is 0 Å². The number of nitro groups is 1. The summed E-state index contributed by atoms with van der Waals surface area (Å²) in [5.74, 6) is 0.552. The molecule has 0 fully saturated rings. The third-order valence-electron chi connectivity index (χ3n) is 3.43. The van der Waals surface area contributed by atoms with E-state index in [4.69, 9.17) is 4.42 Å². The Bertz CT molecular complexity index is 980. The first-order chi connectivity index (χ1) is 12.5. The maximum absolute atomic E-state index is 12.0. The number of benzene rings is 2. The van der Waals surface area contributed by atoms with E-state index in [-0.39, 0.29) is 11.6 Å². The summed E-state index contributed by atoms with van der Waals surface area (Å²) in [6, 6.07) is 16.6. The first-order valence-corrected chi connectivity index (χ1v) is 8.54. The zero-order valence-electron chi connectivity index (χ0n) is 13.3. The lowest BCUT2D eigenvalue weighted by molar-refractivity contribution is -0.384. The van der Waals surface area contributed by atoms with Gasteiger partial charge in [-0.05, 0) is 59.0 Å². The van der Waals surface area contributed by atoms with Gasteiger partial charge in [0, 0.05) is 26.8 Å². The number of nitro benzene ring substituents is 1. The largest absolute Gasteiger partial charge is 0.455 e. The average Bonchev–Trinajstić information content (AvgIpc) is 3.11. The van der Waals surface area contributed by atoms with Crippen LogP contribution in [0.1, 0.15) is 16.1 Å². The molecule has 0 radical (unpaired) electrons. The smallest absolute Gasteiger partial charge is 0.271 e. The minimum Gasteiger partial charge on any atom is -0.455 e. The van der Waals surface area contributed by atoms with Gasteiger partial charge in [-0.2, -0.15) is 5.10 Å². The number of amides is 1. The van der Waals surface area contributed by atoms with E-state index in [1.54, 1.807) is 36.4 Å². The first kappa shape index (κ1) is 17.8. The van der Waals surface area contributed by atoms with Gasteiger partial charge in [-0.25, -0.2) is 5.43 Å². The number of furan rings is 1. The lowest BCUT2D eigenvalue weighted by Crippen LogP contribution is -2.17. The number of non-ortho nitro benzene ring substituents is 1. The molecular weight excluding hydrogens is 449 g/mol. The van der Waals surface area contributed by atoms with Gasteiger partial charge < -0.3 is 4.42 Å². The van der Waals surface area contributed by atoms with Gasteiger partial charge >= 0.3 is 0 Å². The Labute approximate surface area is 162 Å². The molecule has 0 saturated heterocycles. The zero-order valence-corrected chi connectivity index (χ0v) is 15.4. The standard InChI is InChI=1S/C18H12IN3O4/c19-14-6-4-12(5-7-14)18(23)21-20-11-16-8-9-17(26-16)13-2-1-3-15(10-13)22(24)25/h1-11H,(H,21,23)/b20-11+. The topological polar surface area (TPSA) is 97.7 Å². The van der Waals surface area contributed by atoms with Crippen LogP contribution in [-0.4, -0.2) is 17.0 Å². The fourth-order valence-corrected chi connectivity index (χ4v) is 2.53. The van der Waals surface area contributed by atoms with Crippen LogP contribution in [0.15, 0.2) is 70.2 Å². The van der Waals surface area contributed by atoms with Crippen LogP contribution in [0, 0.1) is 13.7 Å². The van der Waals surface area contributed by atoms with Crippen molar-refractivity contribution in [1.82, 2.24) is 5.43 Å². The van der Waals surface area contributed by atoms with Gasteiger partial charge in [0.15, 0.2) is 0 Å². The van der Waals surface area contributed by atoms with Gasteiger partial charge in [-0.3, -0.25) is 14.9 Å². The number of rotatable bonds is 5. The van der Waals surface area contributed by atoms with Crippen LogP contribution in [0.2, 0.25) is 0 Å². The number of halogens is 1. The fraction of sp³-hybridized carbons (Fsp3) is 0. The molecule has 0 atom stereocenters. The van der Waals surface area contributed by atoms with Gasteiger partial charge in [-0.1, -0.05) is 12.1 Å². The van der Waals surface area contributed by atoms with Gasteiger partial charge in [0.05, 0.1) is 11.1 Å². The summed E-state index contributed by atoms with van der Waals surface area (Å²) in [5, 5.41) is 14.7. The Morgan fingerprint density at radius 3 is 2.65 bits per heavy atom. The van der Waals surface area contributed by atoms with Crippen molar-refractivity contribution in [3.05, 3.63) is 85.7 Å². The Morgan fingerprint density at radius 2 is 1.92 bits per heavy atom. The summed E-state index contributed by atoms with van der Waals surface area (Å²) in [5.41, 5.74) is 3.49. The Hall–Kier alpha value is -3.01. The molecule has 0 aliphatic heterocycles. The third kappa shape index (κ3) is 4.33. The molecule has 2 aromatic carbocycles. The molecule has 130 valence electrons. The van der Waals surface area contributed by atoms with E-state index in [9.17, 15) is 14.9 Å². The molecule has 0 saturated carbocycles. The fourth-order valence-electron chi connectivity index (χ4n) is 2.17. The van der Waals surface area contributed by atoms with Crippen molar-refractivity contribution in [2.45, 2.75) is 0 Å². The minimum absolute atomic E-state index is 0.0149. The second kappa shape index (κ2) is 7.91. The molecule has 3 rings (SSSR count). The number of carbonyl (C=O) groups is 1. The van der Waals surface area contributed by atoms with E-state index < -0.39 is 4.92 Å². The number of nitrogens with one attached hydrogen (secondary N) is 1. The molecule has 1 amide bonds. The van der Waals surface area contributed by atoms with Crippen molar-refractivity contribution < 1.29 is 14.1 Å². The summed E-state index contributed by atoms with van der Waals surface area (Å²) in [6.45, 7) is 0. The maximum atomic E-state index is 12.0. The normalized spacial score (nSPS) is 10.8. The highest BCUT2D eigenvalue weighted by Crippen LogP contribution is 2.25. The highest BCUT2D eigenvalue weighted by Gasteiger charge is 2.10. The van der Waals surface area contributed by atoms with E-state index in [0.29, 0.717) is 22.6 Å². The van der Waals surface area contributed by atoms with Crippen LogP contribution in [-0.2, 0) is 0 Å². The maximum Gasteiger partial charge on any atom is 0.271 e. The molecule has 1 heterocycles. The highest BCUT2D eigenvalue weighted by molar-refractivity contribution is 14.1. The molecular formula is C18H12IN3O4. The van der Waals surface area contributed by atoms with Crippen LogP contribution in [0.4, 0.5) is 5.69 Å². The van der Waals surface area contributed by atoms with Crippen LogP contribution in [0.25, 0.3) is 11.3 Å². The number of nitrogens with zero attached hydrogens (tertiary/aromatic N) is 2. The molecule has 8 heteroatoms. The van der Waals surface area contributed by atoms with E-state index >= 15 is 0 Å². The molecule has 1 N–H and O–H groups in total. The molecule has 0 aliphatic rings. The number of carbonyl (C=O) groups excluding carboxylic acids is 1. The summed E-state index contributed by atoms with van der Waals surface area (Å²) in [7, 11) is 0. The van der Waals surface area contributed by atoms with Crippen LogP contribution in [0.3, 0.4) is 0 Å². The number of hydrogen-bond acceptors (Lipinski definition) is 5. The predicted molar refractivity (Wildman–Crippen MR) is 105 cm³/mol. The molecule has 0 unspecified atom stereocenters. The summed E-state index contributed by atoms with van der Waals surface area (Å²) >= 11 is 2.16. The Balaban J connectivity index is 1.67. The van der Waals surface area contributed by atoms with Crippen molar-refractivity contribution in [1.29, 1.82) is 0 Å². The lowest BCUT2D eigenvalue weighted by atomic mass is 10.1. The van der Waals surface area contributed by atoms with E-state index in [0.717, 1.165) is 3.57 Å². The molecule has 26 heavy (non-hydrogen) atoms. The molecule has 3 aromatic rings.